The van der Waals surface area contributed by atoms with Crippen LogP contribution in [0.5, 0.6) is 0 Å². The molecule has 1 unspecified atom stereocenters. The van der Waals surface area contributed by atoms with Crippen molar-refractivity contribution < 1.29 is 9.90 Å². The van der Waals surface area contributed by atoms with Crippen LogP contribution >= 0.6 is 27.7 Å². The zero-order chi connectivity index (χ0) is 13.0. The molecule has 1 atom stereocenters. The topological polar surface area (TPSA) is 61.1 Å². The van der Waals surface area contributed by atoms with Gasteiger partial charge in [-0.15, -0.1) is 11.8 Å². The maximum atomic E-state index is 11.1. The van der Waals surface area contributed by atoms with E-state index in [1.54, 1.807) is 18.2 Å². The van der Waals surface area contributed by atoms with Gasteiger partial charge in [-0.2, -0.15) is 5.26 Å². The molecule has 1 rings (SSSR count). The Bertz CT molecular complexity index is 468. The molecule has 0 saturated carbocycles. The van der Waals surface area contributed by atoms with Crippen LogP contribution in [0.3, 0.4) is 0 Å². The van der Waals surface area contributed by atoms with E-state index < -0.39 is 11.2 Å². The molecule has 0 heterocycles. The number of benzene rings is 1. The van der Waals surface area contributed by atoms with Gasteiger partial charge in [0.05, 0.1) is 5.56 Å². The SMILES string of the molecule is CC(C)C(Sc1ccc(C#N)c(Br)c1)C(=O)O. The van der Waals surface area contributed by atoms with Gasteiger partial charge in [-0.25, -0.2) is 0 Å². The summed E-state index contributed by atoms with van der Waals surface area (Å²) in [5.41, 5.74) is 0.547. The van der Waals surface area contributed by atoms with Gasteiger partial charge in [-0.1, -0.05) is 13.8 Å². The summed E-state index contributed by atoms with van der Waals surface area (Å²) in [6.07, 6.45) is 0. The molecule has 0 saturated heterocycles. The molecule has 0 amide bonds. The van der Waals surface area contributed by atoms with Crippen LogP contribution in [0.15, 0.2) is 27.6 Å². The first kappa shape index (κ1) is 14.1. The first-order valence-corrected chi connectivity index (χ1v) is 6.72. The van der Waals surface area contributed by atoms with E-state index in [0.717, 1.165) is 4.90 Å². The highest BCUT2D eigenvalue weighted by Gasteiger charge is 2.22. The highest BCUT2D eigenvalue weighted by molar-refractivity contribution is 9.10. The Morgan fingerprint density at radius 3 is 2.59 bits per heavy atom. The minimum atomic E-state index is -0.814. The first-order chi connectivity index (χ1) is 7.95. The molecule has 0 aromatic heterocycles. The summed E-state index contributed by atoms with van der Waals surface area (Å²) in [6.45, 7) is 3.76. The number of nitriles is 1. The van der Waals surface area contributed by atoms with E-state index in [1.165, 1.54) is 11.8 Å². The number of nitrogens with zero attached hydrogens (tertiary/aromatic N) is 1. The van der Waals surface area contributed by atoms with Crippen LogP contribution in [0.4, 0.5) is 0 Å². The molecule has 3 nitrogen and oxygen atoms in total. The van der Waals surface area contributed by atoms with Crippen molar-refractivity contribution in [1.29, 1.82) is 5.26 Å². The second-order valence-electron chi connectivity index (χ2n) is 3.87. The number of carboxylic acids is 1. The minimum Gasteiger partial charge on any atom is -0.480 e. The van der Waals surface area contributed by atoms with Crippen molar-refractivity contribution in [2.24, 2.45) is 5.92 Å². The Kier molecular flexibility index (Phi) is 5.03. The second-order valence-corrected chi connectivity index (χ2v) is 5.94. The van der Waals surface area contributed by atoms with E-state index in [1.807, 2.05) is 19.9 Å². The third-order valence-electron chi connectivity index (χ3n) is 2.17. The lowest BCUT2D eigenvalue weighted by Crippen LogP contribution is -2.22. The van der Waals surface area contributed by atoms with Gasteiger partial charge in [0, 0.05) is 9.37 Å². The summed E-state index contributed by atoms with van der Waals surface area (Å²) in [4.78, 5) is 11.9. The number of carboxylic acid groups (broad SMARTS) is 1. The smallest absolute Gasteiger partial charge is 0.317 e. The fourth-order valence-corrected chi connectivity index (χ4v) is 2.90. The number of carbonyl (C=O) groups is 1. The first-order valence-electron chi connectivity index (χ1n) is 5.04. The van der Waals surface area contributed by atoms with Crippen molar-refractivity contribution in [2.45, 2.75) is 24.0 Å². The largest absolute Gasteiger partial charge is 0.480 e. The number of thioether (sulfide) groups is 1. The lowest BCUT2D eigenvalue weighted by molar-refractivity contribution is -0.137. The minimum absolute atomic E-state index is 0.0481. The van der Waals surface area contributed by atoms with Crippen LogP contribution in [0.2, 0.25) is 0 Å². The maximum Gasteiger partial charge on any atom is 0.317 e. The molecule has 1 aromatic rings. The summed E-state index contributed by atoms with van der Waals surface area (Å²) >= 11 is 4.59. The Morgan fingerprint density at radius 1 is 1.53 bits per heavy atom. The number of hydrogen-bond donors (Lipinski definition) is 1. The molecule has 0 aliphatic carbocycles. The zero-order valence-electron chi connectivity index (χ0n) is 9.48. The van der Waals surface area contributed by atoms with E-state index in [0.29, 0.717) is 10.0 Å². The van der Waals surface area contributed by atoms with Gasteiger partial charge in [0.15, 0.2) is 0 Å². The highest BCUT2D eigenvalue weighted by Crippen LogP contribution is 2.31. The van der Waals surface area contributed by atoms with Crippen LogP contribution in [0, 0.1) is 17.2 Å². The van der Waals surface area contributed by atoms with Crippen molar-refractivity contribution in [3.63, 3.8) is 0 Å². The predicted molar refractivity (Wildman–Crippen MR) is 71.0 cm³/mol. The molecule has 1 aromatic carbocycles. The third kappa shape index (κ3) is 3.76. The van der Waals surface area contributed by atoms with Gasteiger partial charge in [-0.3, -0.25) is 4.79 Å². The molecular formula is C12H12BrNO2S. The molecular weight excluding hydrogens is 302 g/mol. The molecule has 17 heavy (non-hydrogen) atoms. The van der Waals surface area contributed by atoms with E-state index >= 15 is 0 Å². The molecule has 0 spiro atoms. The number of halogens is 1. The second kappa shape index (κ2) is 6.08. The lowest BCUT2D eigenvalue weighted by Gasteiger charge is -2.15. The van der Waals surface area contributed by atoms with Crippen LogP contribution < -0.4 is 0 Å². The normalized spacial score (nSPS) is 12.2. The van der Waals surface area contributed by atoms with Gasteiger partial charge < -0.3 is 5.11 Å². The van der Waals surface area contributed by atoms with Crippen LogP contribution in [0.1, 0.15) is 19.4 Å². The van der Waals surface area contributed by atoms with Crippen LogP contribution in [0.25, 0.3) is 0 Å². The highest BCUT2D eigenvalue weighted by atomic mass is 79.9. The fraction of sp³-hybridized carbons (Fsp3) is 0.333. The summed E-state index contributed by atoms with van der Waals surface area (Å²) in [6, 6.07) is 7.28. The number of hydrogen-bond acceptors (Lipinski definition) is 3. The molecule has 0 radical (unpaired) electrons. The summed E-state index contributed by atoms with van der Waals surface area (Å²) in [5, 5.41) is 17.4. The van der Waals surface area contributed by atoms with E-state index in [2.05, 4.69) is 15.9 Å². The van der Waals surface area contributed by atoms with Crippen LogP contribution in [-0.2, 0) is 4.79 Å². The van der Waals surface area contributed by atoms with E-state index in [9.17, 15) is 4.79 Å². The number of aliphatic carboxylic acids is 1. The average molecular weight is 314 g/mol. The van der Waals surface area contributed by atoms with Gasteiger partial charge in [0.2, 0.25) is 0 Å². The zero-order valence-corrected chi connectivity index (χ0v) is 11.9. The van der Waals surface area contributed by atoms with Crippen LogP contribution in [-0.4, -0.2) is 16.3 Å². The van der Waals surface area contributed by atoms with Crippen molar-refractivity contribution in [2.75, 3.05) is 0 Å². The van der Waals surface area contributed by atoms with E-state index in [-0.39, 0.29) is 5.92 Å². The Hall–Kier alpha value is -0.990. The van der Waals surface area contributed by atoms with Crippen molar-refractivity contribution in [3.8, 4) is 6.07 Å². The molecule has 0 bridgehead atoms. The molecule has 90 valence electrons. The van der Waals surface area contributed by atoms with Crippen molar-refractivity contribution >= 4 is 33.7 Å². The van der Waals surface area contributed by atoms with Crippen molar-refractivity contribution in [1.82, 2.24) is 0 Å². The maximum absolute atomic E-state index is 11.1. The Labute approximate surface area is 113 Å². The lowest BCUT2D eigenvalue weighted by atomic mass is 10.1. The predicted octanol–water partition coefficient (Wildman–Crippen LogP) is 3.52. The molecule has 0 fully saturated rings. The number of rotatable bonds is 4. The molecule has 0 aliphatic rings. The van der Waals surface area contributed by atoms with Gasteiger partial charge in [-0.05, 0) is 40.0 Å². The summed E-state index contributed by atoms with van der Waals surface area (Å²) in [7, 11) is 0. The monoisotopic (exact) mass is 313 g/mol. The molecule has 1 N–H and O–H groups in total. The average Bonchev–Trinajstić information content (AvgIpc) is 2.25. The van der Waals surface area contributed by atoms with Gasteiger partial charge >= 0.3 is 5.97 Å². The third-order valence-corrected chi connectivity index (χ3v) is 4.36. The van der Waals surface area contributed by atoms with E-state index in [4.69, 9.17) is 10.4 Å². The molecule has 5 heteroatoms. The standard InChI is InChI=1S/C12H12BrNO2S/c1-7(2)11(12(15)16)17-9-4-3-8(6-14)10(13)5-9/h3-5,7,11H,1-2H3,(H,15,16). The molecule has 0 aliphatic heterocycles. The quantitative estimate of drug-likeness (QED) is 0.864. The summed E-state index contributed by atoms with van der Waals surface area (Å²) < 4.78 is 0.692. The van der Waals surface area contributed by atoms with Gasteiger partial charge in [0.1, 0.15) is 11.3 Å². The fourth-order valence-electron chi connectivity index (χ4n) is 1.28. The van der Waals surface area contributed by atoms with Crippen molar-refractivity contribution in [3.05, 3.63) is 28.2 Å². The van der Waals surface area contributed by atoms with Gasteiger partial charge in [0.25, 0.3) is 0 Å². The summed E-state index contributed by atoms with van der Waals surface area (Å²) in [5.74, 6) is -0.766. The Morgan fingerprint density at radius 2 is 2.18 bits per heavy atom. The Balaban J connectivity index is 2.92.